The highest BCUT2D eigenvalue weighted by Gasteiger charge is 2.10. The van der Waals surface area contributed by atoms with Crippen LogP contribution in [-0.2, 0) is 6.42 Å². The molecular weight excluding hydrogens is 352 g/mol. The highest BCUT2D eigenvalue weighted by atomic mass is 32.1. The number of allylic oxidation sites excluding steroid dienone is 1. The van der Waals surface area contributed by atoms with Crippen LogP contribution in [-0.4, -0.2) is 12.1 Å². The summed E-state index contributed by atoms with van der Waals surface area (Å²) in [4.78, 5) is 4.68. The van der Waals surface area contributed by atoms with E-state index in [0.29, 0.717) is 16.5 Å². The van der Waals surface area contributed by atoms with Crippen molar-refractivity contribution >= 4 is 23.0 Å². The second-order valence-corrected chi connectivity index (χ2v) is 7.60. The average Bonchev–Trinajstić information content (AvgIpc) is 3.16. The molecule has 0 radical (unpaired) electrons. The van der Waals surface area contributed by atoms with Crippen molar-refractivity contribution < 1.29 is 4.74 Å². The Hall–Kier alpha value is -2.90. The Kier molecular flexibility index (Phi) is 6.05. The fourth-order valence-corrected chi connectivity index (χ4v) is 3.69. The van der Waals surface area contributed by atoms with Crippen LogP contribution in [0.25, 0.3) is 22.9 Å². The number of methoxy groups -OCH3 is 1. The quantitative estimate of drug-likeness (QED) is 0.491. The summed E-state index contributed by atoms with van der Waals surface area (Å²) in [5.41, 5.74) is 4.70. The van der Waals surface area contributed by atoms with Crippen molar-refractivity contribution in [2.24, 2.45) is 5.92 Å². The summed E-state index contributed by atoms with van der Waals surface area (Å²) in [6.07, 6.45) is 2.90. The van der Waals surface area contributed by atoms with E-state index < -0.39 is 0 Å². The average molecular weight is 375 g/mol. The number of para-hydroxylation sites is 1. The van der Waals surface area contributed by atoms with Crippen molar-refractivity contribution in [3.63, 3.8) is 0 Å². The van der Waals surface area contributed by atoms with Gasteiger partial charge < -0.3 is 4.74 Å². The molecule has 0 spiro atoms. The summed E-state index contributed by atoms with van der Waals surface area (Å²) in [6, 6.07) is 18.4. The summed E-state index contributed by atoms with van der Waals surface area (Å²) in [6.45, 7) is 4.44. The highest BCUT2D eigenvalue weighted by molar-refractivity contribution is 7.11. The van der Waals surface area contributed by atoms with Crippen LogP contribution in [0.15, 0.2) is 53.9 Å². The van der Waals surface area contributed by atoms with Crippen LogP contribution in [0.1, 0.15) is 30.0 Å². The van der Waals surface area contributed by atoms with E-state index in [1.54, 1.807) is 7.11 Å². The van der Waals surface area contributed by atoms with Crippen LogP contribution < -0.4 is 4.74 Å². The molecule has 0 bridgehead atoms. The Balaban J connectivity index is 1.87. The first-order valence-corrected chi connectivity index (χ1v) is 9.78. The fourth-order valence-electron chi connectivity index (χ4n) is 2.90. The van der Waals surface area contributed by atoms with E-state index in [9.17, 15) is 5.26 Å². The topological polar surface area (TPSA) is 45.9 Å². The maximum absolute atomic E-state index is 9.61. The van der Waals surface area contributed by atoms with Crippen molar-refractivity contribution in [3.8, 4) is 23.1 Å². The Morgan fingerprint density at radius 1 is 1.19 bits per heavy atom. The molecule has 0 aliphatic rings. The normalized spacial score (nSPS) is 11.4. The third-order valence-electron chi connectivity index (χ3n) is 4.19. The van der Waals surface area contributed by atoms with E-state index in [1.807, 2.05) is 35.7 Å². The van der Waals surface area contributed by atoms with Crippen molar-refractivity contribution in [1.82, 2.24) is 4.98 Å². The molecular formula is C23H22N2OS. The third-order valence-corrected chi connectivity index (χ3v) is 5.06. The summed E-state index contributed by atoms with van der Waals surface area (Å²) < 4.78 is 5.37. The van der Waals surface area contributed by atoms with E-state index in [1.165, 1.54) is 16.9 Å². The first kappa shape index (κ1) is 18.9. The number of rotatable bonds is 6. The minimum atomic E-state index is 0.534. The molecule has 0 N–H and O–H groups in total. The summed E-state index contributed by atoms with van der Waals surface area (Å²) in [5, 5.41) is 12.3. The van der Waals surface area contributed by atoms with Gasteiger partial charge in [0.05, 0.1) is 18.4 Å². The molecule has 136 valence electrons. The molecule has 0 saturated carbocycles. The maximum atomic E-state index is 9.61. The largest absolute Gasteiger partial charge is 0.496 e. The van der Waals surface area contributed by atoms with E-state index in [-0.39, 0.29) is 0 Å². The van der Waals surface area contributed by atoms with Gasteiger partial charge in [0.25, 0.3) is 0 Å². The second kappa shape index (κ2) is 8.66. The van der Waals surface area contributed by atoms with E-state index in [2.05, 4.69) is 49.2 Å². The molecule has 0 fully saturated rings. The molecule has 3 aromatic rings. The molecule has 0 saturated heterocycles. The van der Waals surface area contributed by atoms with Gasteiger partial charge in [0.2, 0.25) is 0 Å². The predicted octanol–water partition coefficient (Wildman–Crippen LogP) is 6.08. The molecule has 0 aliphatic carbocycles. The van der Waals surface area contributed by atoms with Gasteiger partial charge >= 0.3 is 0 Å². The smallest absolute Gasteiger partial charge is 0.134 e. The lowest BCUT2D eigenvalue weighted by Gasteiger charge is -2.05. The van der Waals surface area contributed by atoms with Crippen LogP contribution >= 0.6 is 11.3 Å². The minimum absolute atomic E-state index is 0.534. The number of thiazole rings is 1. The van der Waals surface area contributed by atoms with Crippen LogP contribution in [0.5, 0.6) is 5.75 Å². The Bertz CT molecular complexity index is 978. The van der Waals surface area contributed by atoms with E-state index in [4.69, 9.17) is 4.74 Å². The summed E-state index contributed by atoms with van der Waals surface area (Å²) in [5.74, 6) is 1.38. The van der Waals surface area contributed by atoms with Gasteiger partial charge in [-0.3, -0.25) is 0 Å². The van der Waals surface area contributed by atoms with Crippen LogP contribution in [0.3, 0.4) is 0 Å². The standard InChI is InChI=1S/C23H22N2OS/c1-16(2)12-17-8-10-18(11-9-17)21-15-27-23(25-21)20(14-24)13-19-6-4-5-7-22(19)26-3/h4-11,13,15-16H,12H2,1-3H3/b20-13+. The zero-order valence-corrected chi connectivity index (χ0v) is 16.6. The summed E-state index contributed by atoms with van der Waals surface area (Å²) >= 11 is 1.48. The minimum Gasteiger partial charge on any atom is -0.496 e. The van der Waals surface area contributed by atoms with Gasteiger partial charge in [0.15, 0.2) is 0 Å². The molecule has 0 amide bonds. The van der Waals surface area contributed by atoms with Crippen molar-refractivity contribution in [2.45, 2.75) is 20.3 Å². The number of nitrogens with zero attached hydrogens (tertiary/aromatic N) is 2. The SMILES string of the molecule is COc1ccccc1/C=C(\C#N)c1nc(-c2ccc(CC(C)C)cc2)cs1. The van der Waals surface area contributed by atoms with Crippen LogP contribution in [0.4, 0.5) is 0 Å². The van der Waals surface area contributed by atoms with Gasteiger partial charge in [-0.05, 0) is 30.0 Å². The molecule has 1 aromatic heterocycles. The van der Waals surface area contributed by atoms with Gasteiger partial charge in [-0.1, -0.05) is 56.3 Å². The van der Waals surface area contributed by atoms with Gasteiger partial charge in [-0.15, -0.1) is 11.3 Å². The van der Waals surface area contributed by atoms with Gasteiger partial charge in [0, 0.05) is 16.5 Å². The fraction of sp³-hybridized carbons (Fsp3) is 0.217. The molecule has 3 rings (SSSR count). The van der Waals surface area contributed by atoms with Crippen LogP contribution in [0.2, 0.25) is 0 Å². The molecule has 0 unspecified atom stereocenters. The number of ether oxygens (including phenoxy) is 1. The Labute approximate surface area is 164 Å². The Morgan fingerprint density at radius 3 is 2.59 bits per heavy atom. The highest BCUT2D eigenvalue weighted by Crippen LogP contribution is 2.29. The molecule has 2 aromatic carbocycles. The molecule has 3 nitrogen and oxygen atoms in total. The van der Waals surface area contributed by atoms with E-state index >= 15 is 0 Å². The third kappa shape index (κ3) is 4.64. The number of hydrogen-bond acceptors (Lipinski definition) is 4. The molecule has 4 heteroatoms. The monoisotopic (exact) mass is 374 g/mol. The van der Waals surface area contributed by atoms with Crippen molar-refractivity contribution in [2.75, 3.05) is 7.11 Å². The van der Waals surface area contributed by atoms with Gasteiger partial charge in [0.1, 0.15) is 16.8 Å². The number of aromatic nitrogens is 1. The molecule has 0 atom stereocenters. The first-order valence-electron chi connectivity index (χ1n) is 8.90. The van der Waals surface area contributed by atoms with Crippen LogP contribution in [0, 0.1) is 17.2 Å². The first-order chi connectivity index (χ1) is 13.1. The lowest BCUT2D eigenvalue weighted by Crippen LogP contribution is -1.93. The molecule has 27 heavy (non-hydrogen) atoms. The lowest BCUT2D eigenvalue weighted by molar-refractivity contribution is 0.414. The maximum Gasteiger partial charge on any atom is 0.134 e. The second-order valence-electron chi connectivity index (χ2n) is 6.74. The van der Waals surface area contributed by atoms with Crippen molar-refractivity contribution in [1.29, 1.82) is 5.26 Å². The lowest BCUT2D eigenvalue weighted by atomic mass is 10.0. The zero-order chi connectivity index (χ0) is 19.2. The molecule has 0 aliphatic heterocycles. The number of nitriles is 1. The zero-order valence-electron chi connectivity index (χ0n) is 15.8. The van der Waals surface area contributed by atoms with E-state index in [0.717, 1.165) is 29.0 Å². The Morgan fingerprint density at radius 2 is 1.93 bits per heavy atom. The van der Waals surface area contributed by atoms with Gasteiger partial charge in [-0.25, -0.2) is 4.98 Å². The number of benzene rings is 2. The molecule has 1 heterocycles. The predicted molar refractivity (Wildman–Crippen MR) is 113 cm³/mol. The van der Waals surface area contributed by atoms with Crippen molar-refractivity contribution in [3.05, 3.63) is 70.0 Å². The van der Waals surface area contributed by atoms with Gasteiger partial charge in [-0.2, -0.15) is 5.26 Å². The number of hydrogen-bond donors (Lipinski definition) is 0. The summed E-state index contributed by atoms with van der Waals surface area (Å²) in [7, 11) is 1.63.